The van der Waals surface area contributed by atoms with Gasteiger partial charge >= 0.3 is 0 Å². The fraction of sp³-hybridized carbons (Fsp3) is 0.231. The molecule has 0 aliphatic carbocycles. The quantitative estimate of drug-likeness (QED) is 0.832. The van der Waals surface area contributed by atoms with Crippen LogP contribution in [0.2, 0.25) is 0 Å². The minimum Gasteiger partial charge on any atom is -0.399 e. The van der Waals surface area contributed by atoms with Crippen LogP contribution in [0.3, 0.4) is 0 Å². The third kappa shape index (κ3) is 3.56. The molecule has 2 rings (SSSR count). The van der Waals surface area contributed by atoms with Crippen molar-refractivity contribution < 1.29 is 8.42 Å². The van der Waals surface area contributed by atoms with E-state index in [4.69, 9.17) is 5.73 Å². The molecular formula is C13H16N2O2S2. The van der Waals surface area contributed by atoms with Crippen molar-refractivity contribution in [2.24, 2.45) is 0 Å². The fourth-order valence-electron chi connectivity index (χ4n) is 1.64. The number of nitrogens with two attached hydrogens (primary N) is 1. The van der Waals surface area contributed by atoms with E-state index in [1.54, 1.807) is 23.5 Å². The van der Waals surface area contributed by atoms with E-state index in [1.807, 2.05) is 23.8 Å². The summed E-state index contributed by atoms with van der Waals surface area (Å²) in [7, 11) is -3.47. The number of hydrogen-bond acceptors (Lipinski definition) is 4. The third-order valence-electron chi connectivity index (χ3n) is 2.88. The van der Waals surface area contributed by atoms with E-state index in [9.17, 15) is 8.42 Å². The predicted octanol–water partition coefficient (Wildman–Crippen LogP) is 2.41. The zero-order valence-corrected chi connectivity index (χ0v) is 12.2. The van der Waals surface area contributed by atoms with E-state index in [2.05, 4.69) is 4.72 Å². The highest BCUT2D eigenvalue weighted by molar-refractivity contribution is 7.89. The van der Waals surface area contributed by atoms with Crippen molar-refractivity contribution in [1.82, 2.24) is 4.72 Å². The molecule has 0 aliphatic rings. The van der Waals surface area contributed by atoms with Gasteiger partial charge in [0.25, 0.3) is 0 Å². The van der Waals surface area contributed by atoms with E-state index in [-0.39, 0.29) is 10.8 Å². The first kappa shape index (κ1) is 14.0. The molecule has 0 amide bonds. The van der Waals surface area contributed by atoms with Gasteiger partial charge in [-0.15, -0.1) is 0 Å². The monoisotopic (exact) mass is 296 g/mol. The molecule has 0 saturated carbocycles. The van der Waals surface area contributed by atoms with Crippen LogP contribution in [-0.2, 0) is 10.0 Å². The molecule has 19 heavy (non-hydrogen) atoms. The maximum Gasteiger partial charge on any atom is 0.240 e. The molecule has 0 radical (unpaired) electrons. The van der Waals surface area contributed by atoms with Crippen molar-refractivity contribution in [2.75, 3.05) is 12.3 Å². The summed E-state index contributed by atoms with van der Waals surface area (Å²) in [4.78, 5) is 0.235. The SMILES string of the molecule is CC(CNS(=O)(=O)c1ccc(N)cc1)c1ccsc1. The topological polar surface area (TPSA) is 72.2 Å². The predicted molar refractivity (Wildman–Crippen MR) is 78.8 cm³/mol. The highest BCUT2D eigenvalue weighted by Gasteiger charge is 2.15. The molecular weight excluding hydrogens is 280 g/mol. The van der Waals surface area contributed by atoms with Crippen LogP contribution in [-0.4, -0.2) is 15.0 Å². The zero-order valence-electron chi connectivity index (χ0n) is 10.5. The Balaban J connectivity index is 2.04. The Hall–Kier alpha value is -1.37. The lowest BCUT2D eigenvalue weighted by molar-refractivity contribution is 0.575. The van der Waals surface area contributed by atoms with Gasteiger partial charge in [0.2, 0.25) is 10.0 Å². The van der Waals surface area contributed by atoms with Gasteiger partial charge in [-0.1, -0.05) is 6.92 Å². The van der Waals surface area contributed by atoms with Crippen LogP contribution in [0.4, 0.5) is 5.69 Å². The first-order valence-electron chi connectivity index (χ1n) is 5.86. The van der Waals surface area contributed by atoms with Crippen molar-refractivity contribution in [1.29, 1.82) is 0 Å². The van der Waals surface area contributed by atoms with Crippen molar-refractivity contribution in [2.45, 2.75) is 17.7 Å². The second-order valence-electron chi connectivity index (χ2n) is 4.38. The molecule has 1 aromatic heterocycles. The number of thiophene rings is 1. The van der Waals surface area contributed by atoms with E-state index in [1.165, 1.54) is 12.1 Å². The summed E-state index contributed by atoms with van der Waals surface area (Å²) >= 11 is 1.61. The molecule has 1 unspecified atom stereocenters. The smallest absolute Gasteiger partial charge is 0.240 e. The van der Waals surface area contributed by atoms with Crippen LogP contribution in [0.15, 0.2) is 46.0 Å². The molecule has 2 aromatic rings. The minimum absolute atomic E-state index is 0.148. The maximum atomic E-state index is 12.1. The number of sulfonamides is 1. The highest BCUT2D eigenvalue weighted by atomic mass is 32.2. The lowest BCUT2D eigenvalue weighted by atomic mass is 10.1. The summed E-state index contributed by atoms with van der Waals surface area (Å²) in [6.07, 6.45) is 0. The Bertz CT molecular complexity index is 619. The normalized spacial score (nSPS) is 13.3. The number of benzene rings is 1. The summed E-state index contributed by atoms with van der Waals surface area (Å²) < 4.78 is 26.8. The molecule has 4 nitrogen and oxygen atoms in total. The Morgan fingerprint density at radius 2 is 1.95 bits per heavy atom. The van der Waals surface area contributed by atoms with Crippen LogP contribution in [0.25, 0.3) is 0 Å². The standard InChI is InChI=1S/C13H16N2O2S2/c1-10(11-6-7-18-9-11)8-15-19(16,17)13-4-2-12(14)3-5-13/h2-7,9-10,15H,8,14H2,1H3. The summed E-state index contributed by atoms with van der Waals surface area (Å²) in [5, 5.41) is 4.02. The van der Waals surface area contributed by atoms with Gasteiger partial charge in [-0.05, 0) is 52.6 Å². The number of nitrogen functional groups attached to an aromatic ring is 1. The van der Waals surface area contributed by atoms with Gasteiger partial charge in [0, 0.05) is 12.2 Å². The van der Waals surface area contributed by atoms with Crippen LogP contribution in [0.5, 0.6) is 0 Å². The van der Waals surface area contributed by atoms with E-state index in [0.29, 0.717) is 12.2 Å². The molecule has 102 valence electrons. The minimum atomic E-state index is -3.47. The second-order valence-corrected chi connectivity index (χ2v) is 6.93. The first-order chi connectivity index (χ1) is 8.99. The molecule has 0 bridgehead atoms. The lowest BCUT2D eigenvalue weighted by Gasteiger charge is -2.12. The molecule has 1 atom stereocenters. The molecule has 0 aliphatic heterocycles. The van der Waals surface area contributed by atoms with Gasteiger partial charge in [0.05, 0.1) is 4.90 Å². The Labute approximate surface area is 117 Å². The molecule has 0 saturated heterocycles. The van der Waals surface area contributed by atoms with Gasteiger partial charge < -0.3 is 5.73 Å². The van der Waals surface area contributed by atoms with E-state index >= 15 is 0 Å². The molecule has 0 fully saturated rings. The van der Waals surface area contributed by atoms with Gasteiger partial charge in [0.1, 0.15) is 0 Å². The van der Waals surface area contributed by atoms with Crippen LogP contribution >= 0.6 is 11.3 Å². The van der Waals surface area contributed by atoms with Crippen molar-refractivity contribution in [3.63, 3.8) is 0 Å². The average molecular weight is 296 g/mol. The summed E-state index contributed by atoms with van der Waals surface area (Å²) in [5.74, 6) is 0.148. The van der Waals surface area contributed by atoms with Gasteiger partial charge in [-0.2, -0.15) is 11.3 Å². The summed E-state index contributed by atoms with van der Waals surface area (Å²) in [5.41, 5.74) is 7.23. The molecule has 0 spiro atoms. The maximum absolute atomic E-state index is 12.1. The van der Waals surface area contributed by atoms with E-state index in [0.717, 1.165) is 5.56 Å². The van der Waals surface area contributed by atoms with Crippen molar-refractivity contribution in [3.05, 3.63) is 46.7 Å². The summed E-state index contributed by atoms with van der Waals surface area (Å²) in [6.45, 7) is 2.37. The number of anilines is 1. The first-order valence-corrected chi connectivity index (χ1v) is 8.29. The van der Waals surface area contributed by atoms with Crippen molar-refractivity contribution in [3.8, 4) is 0 Å². The van der Waals surface area contributed by atoms with Gasteiger partial charge in [0.15, 0.2) is 0 Å². The lowest BCUT2D eigenvalue weighted by Crippen LogP contribution is -2.27. The molecule has 1 aromatic carbocycles. The Morgan fingerprint density at radius 1 is 1.26 bits per heavy atom. The number of nitrogens with one attached hydrogen (secondary N) is 1. The molecule has 6 heteroatoms. The molecule has 1 heterocycles. The average Bonchev–Trinajstić information content (AvgIpc) is 2.90. The number of rotatable bonds is 5. The third-order valence-corrected chi connectivity index (χ3v) is 5.02. The Morgan fingerprint density at radius 3 is 2.53 bits per heavy atom. The van der Waals surface area contributed by atoms with Crippen LogP contribution in [0.1, 0.15) is 18.4 Å². The van der Waals surface area contributed by atoms with Gasteiger partial charge in [-0.3, -0.25) is 0 Å². The highest BCUT2D eigenvalue weighted by Crippen LogP contribution is 2.18. The fourth-order valence-corrected chi connectivity index (χ4v) is 3.55. The summed E-state index contributed by atoms with van der Waals surface area (Å²) in [6, 6.07) is 8.18. The number of hydrogen-bond donors (Lipinski definition) is 2. The van der Waals surface area contributed by atoms with E-state index < -0.39 is 10.0 Å². The molecule has 3 N–H and O–H groups in total. The largest absolute Gasteiger partial charge is 0.399 e. The Kier molecular flexibility index (Phi) is 4.24. The van der Waals surface area contributed by atoms with Crippen LogP contribution < -0.4 is 10.5 Å². The zero-order chi connectivity index (χ0) is 13.9. The van der Waals surface area contributed by atoms with Gasteiger partial charge in [-0.25, -0.2) is 13.1 Å². The van der Waals surface area contributed by atoms with Crippen molar-refractivity contribution >= 4 is 27.0 Å². The second kappa shape index (κ2) is 5.73. The van der Waals surface area contributed by atoms with Crippen LogP contribution in [0, 0.1) is 0 Å².